The maximum Gasteiger partial charge on any atom is 0.0765 e. The van der Waals surface area contributed by atoms with E-state index in [1.54, 1.807) is 0 Å². The van der Waals surface area contributed by atoms with E-state index in [-0.39, 0.29) is 0 Å². The van der Waals surface area contributed by atoms with Gasteiger partial charge < -0.3 is 5.32 Å². The molecule has 0 spiro atoms. The third-order valence-corrected chi connectivity index (χ3v) is 5.04. The van der Waals surface area contributed by atoms with Crippen LogP contribution in [0.25, 0.3) is 0 Å². The van der Waals surface area contributed by atoms with Crippen LogP contribution in [0, 0.1) is 0 Å². The van der Waals surface area contributed by atoms with E-state index in [2.05, 4.69) is 41.0 Å². The van der Waals surface area contributed by atoms with E-state index in [0.29, 0.717) is 12.1 Å². The molecule has 1 N–H and O–H groups in total. The SMILES string of the molecule is CCC(C)n1ccc(CN2CCCCC2CNC2CC2)n1. The molecule has 4 heteroatoms. The summed E-state index contributed by atoms with van der Waals surface area (Å²) in [5, 5.41) is 8.48. The van der Waals surface area contributed by atoms with E-state index in [4.69, 9.17) is 5.10 Å². The van der Waals surface area contributed by atoms with Crippen LogP contribution in [-0.4, -0.2) is 39.9 Å². The number of hydrogen-bond acceptors (Lipinski definition) is 3. The Bertz CT molecular complexity index is 438. The number of likely N-dealkylation sites (tertiary alicyclic amines) is 1. The van der Waals surface area contributed by atoms with E-state index in [1.807, 2.05) is 0 Å². The second-order valence-electron chi connectivity index (χ2n) is 6.85. The van der Waals surface area contributed by atoms with E-state index in [0.717, 1.165) is 25.6 Å². The molecule has 2 aliphatic rings. The predicted molar refractivity (Wildman–Crippen MR) is 86.3 cm³/mol. The van der Waals surface area contributed by atoms with Crippen LogP contribution in [0.15, 0.2) is 12.3 Å². The van der Waals surface area contributed by atoms with Crippen LogP contribution in [0.5, 0.6) is 0 Å². The molecular weight excluding hydrogens is 260 g/mol. The molecule has 1 aliphatic carbocycles. The molecule has 0 amide bonds. The molecule has 1 saturated heterocycles. The van der Waals surface area contributed by atoms with Crippen LogP contribution in [0.3, 0.4) is 0 Å². The molecule has 0 aromatic carbocycles. The first kappa shape index (κ1) is 15.0. The quantitative estimate of drug-likeness (QED) is 0.838. The van der Waals surface area contributed by atoms with Crippen molar-refractivity contribution in [2.75, 3.05) is 13.1 Å². The topological polar surface area (TPSA) is 33.1 Å². The number of piperidine rings is 1. The molecule has 118 valence electrons. The van der Waals surface area contributed by atoms with Gasteiger partial charge in [0, 0.05) is 37.4 Å². The predicted octanol–water partition coefficient (Wildman–Crippen LogP) is 2.96. The summed E-state index contributed by atoms with van der Waals surface area (Å²) in [7, 11) is 0. The molecule has 1 aliphatic heterocycles. The highest BCUT2D eigenvalue weighted by Crippen LogP contribution is 2.22. The number of hydrogen-bond donors (Lipinski definition) is 1. The number of nitrogens with one attached hydrogen (secondary N) is 1. The van der Waals surface area contributed by atoms with Gasteiger partial charge in [-0.05, 0) is 51.6 Å². The first-order valence-electron chi connectivity index (χ1n) is 8.77. The third kappa shape index (κ3) is 4.07. The Balaban J connectivity index is 1.56. The molecule has 4 nitrogen and oxygen atoms in total. The lowest BCUT2D eigenvalue weighted by Gasteiger charge is -2.35. The Kier molecular flexibility index (Phi) is 4.96. The van der Waals surface area contributed by atoms with E-state index < -0.39 is 0 Å². The summed E-state index contributed by atoms with van der Waals surface area (Å²) < 4.78 is 2.12. The van der Waals surface area contributed by atoms with E-state index >= 15 is 0 Å². The van der Waals surface area contributed by atoms with Gasteiger partial charge in [0.05, 0.1) is 5.69 Å². The van der Waals surface area contributed by atoms with Gasteiger partial charge in [0.25, 0.3) is 0 Å². The Morgan fingerprint density at radius 2 is 2.19 bits per heavy atom. The molecule has 1 aromatic rings. The van der Waals surface area contributed by atoms with Crippen LogP contribution in [-0.2, 0) is 6.54 Å². The van der Waals surface area contributed by atoms with Gasteiger partial charge in [-0.3, -0.25) is 9.58 Å². The minimum atomic E-state index is 0.507. The summed E-state index contributed by atoms with van der Waals surface area (Å²) in [5.74, 6) is 0. The van der Waals surface area contributed by atoms with Gasteiger partial charge in [0.15, 0.2) is 0 Å². The average molecular weight is 290 g/mol. The van der Waals surface area contributed by atoms with Crippen molar-refractivity contribution in [2.24, 2.45) is 0 Å². The molecule has 2 fully saturated rings. The van der Waals surface area contributed by atoms with Gasteiger partial charge in [0.1, 0.15) is 0 Å². The van der Waals surface area contributed by atoms with E-state index in [1.165, 1.54) is 44.3 Å². The molecule has 1 aromatic heterocycles. The van der Waals surface area contributed by atoms with Crippen LogP contribution >= 0.6 is 0 Å². The first-order chi connectivity index (χ1) is 10.3. The van der Waals surface area contributed by atoms with Gasteiger partial charge in [-0.1, -0.05) is 13.3 Å². The fraction of sp³-hybridized carbons (Fsp3) is 0.824. The normalized spacial score (nSPS) is 25.1. The van der Waals surface area contributed by atoms with Crippen molar-refractivity contribution in [3.05, 3.63) is 18.0 Å². The number of rotatable bonds is 7. The van der Waals surface area contributed by atoms with Crippen molar-refractivity contribution in [1.29, 1.82) is 0 Å². The summed E-state index contributed by atoms with van der Waals surface area (Å²) >= 11 is 0. The van der Waals surface area contributed by atoms with Gasteiger partial charge in [0.2, 0.25) is 0 Å². The summed E-state index contributed by atoms with van der Waals surface area (Å²) in [6, 6.07) is 4.23. The Hall–Kier alpha value is -0.870. The Labute approximate surface area is 128 Å². The smallest absolute Gasteiger partial charge is 0.0765 e. The van der Waals surface area contributed by atoms with Crippen molar-refractivity contribution >= 4 is 0 Å². The van der Waals surface area contributed by atoms with Crippen molar-refractivity contribution < 1.29 is 0 Å². The van der Waals surface area contributed by atoms with Gasteiger partial charge in [-0.2, -0.15) is 5.10 Å². The average Bonchev–Trinajstić information content (AvgIpc) is 3.23. The molecule has 1 saturated carbocycles. The Morgan fingerprint density at radius 1 is 1.33 bits per heavy atom. The van der Waals surface area contributed by atoms with Crippen molar-refractivity contribution in [1.82, 2.24) is 20.0 Å². The lowest BCUT2D eigenvalue weighted by Crippen LogP contribution is -2.45. The highest BCUT2D eigenvalue weighted by molar-refractivity contribution is 5.01. The van der Waals surface area contributed by atoms with Crippen molar-refractivity contribution in [3.63, 3.8) is 0 Å². The lowest BCUT2D eigenvalue weighted by molar-refractivity contribution is 0.135. The molecule has 21 heavy (non-hydrogen) atoms. The number of nitrogens with zero attached hydrogens (tertiary/aromatic N) is 3. The highest BCUT2D eigenvalue weighted by atomic mass is 15.3. The monoisotopic (exact) mass is 290 g/mol. The molecule has 3 rings (SSSR count). The molecular formula is C17H30N4. The van der Waals surface area contributed by atoms with Crippen molar-refractivity contribution in [2.45, 2.75) is 77.0 Å². The van der Waals surface area contributed by atoms with Gasteiger partial charge >= 0.3 is 0 Å². The minimum absolute atomic E-state index is 0.507. The molecule has 0 radical (unpaired) electrons. The second kappa shape index (κ2) is 6.93. The fourth-order valence-corrected chi connectivity index (χ4v) is 3.19. The molecule has 2 atom stereocenters. The van der Waals surface area contributed by atoms with Gasteiger partial charge in [-0.25, -0.2) is 0 Å². The zero-order chi connectivity index (χ0) is 14.7. The third-order valence-electron chi connectivity index (χ3n) is 5.04. The standard InChI is InChI=1S/C17H30N4/c1-3-14(2)21-11-9-16(19-21)13-20-10-5-4-6-17(20)12-18-15-7-8-15/h9,11,14-15,17-18H,3-8,10,12-13H2,1-2H3. The summed E-state index contributed by atoms with van der Waals surface area (Å²) in [6.45, 7) is 7.86. The zero-order valence-electron chi connectivity index (χ0n) is 13.6. The van der Waals surface area contributed by atoms with Crippen LogP contribution in [0.2, 0.25) is 0 Å². The summed E-state index contributed by atoms with van der Waals surface area (Å²) in [5.41, 5.74) is 1.23. The maximum atomic E-state index is 4.77. The van der Waals surface area contributed by atoms with E-state index in [9.17, 15) is 0 Å². The molecule has 2 heterocycles. The van der Waals surface area contributed by atoms with Crippen LogP contribution in [0.1, 0.15) is 64.1 Å². The summed E-state index contributed by atoms with van der Waals surface area (Å²) in [4.78, 5) is 2.64. The van der Waals surface area contributed by atoms with Crippen LogP contribution in [0.4, 0.5) is 0 Å². The lowest BCUT2D eigenvalue weighted by atomic mass is 10.0. The molecule has 2 unspecified atom stereocenters. The Morgan fingerprint density at radius 3 is 2.95 bits per heavy atom. The first-order valence-corrected chi connectivity index (χ1v) is 8.77. The largest absolute Gasteiger partial charge is 0.312 e. The van der Waals surface area contributed by atoms with Crippen molar-refractivity contribution in [3.8, 4) is 0 Å². The highest BCUT2D eigenvalue weighted by Gasteiger charge is 2.26. The van der Waals surface area contributed by atoms with Crippen LogP contribution < -0.4 is 5.32 Å². The van der Waals surface area contributed by atoms with Gasteiger partial charge in [-0.15, -0.1) is 0 Å². The maximum absolute atomic E-state index is 4.77. The second-order valence-corrected chi connectivity index (χ2v) is 6.85. The zero-order valence-corrected chi connectivity index (χ0v) is 13.6. The summed E-state index contributed by atoms with van der Waals surface area (Å²) in [6.07, 6.45) is 10.1. The molecule has 0 bridgehead atoms. The number of aromatic nitrogens is 2. The minimum Gasteiger partial charge on any atom is -0.312 e. The fourth-order valence-electron chi connectivity index (χ4n) is 3.19.